The van der Waals surface area contributed by atoms with Crippen LogP contribution in [0.4, 0.5) is 0 Å². The highest BCUT2D eigenvalue weighted by Gasteiger charge is 2.23. The molecule has 138 valence electrons. The summed E-state index contributed by atoms with van der Waals surface area (Å²) in [7, 11) is 0. The van der Waals surface area contributed by atoms with E-state index in [0.29, 0.717) is 5.92 Å². The van der Waals surface area contributed by atoms with E-state index in [9.17, 15) is 4.79 Å². The summed E-state index contributed by atoms with van der Waals surface area (Å²) in [5.41, 5.74) is 2.09. The molecule has 0 saturated carbocycles. The van der Waals surface area contributed by atoms with Crippen LogP contribution in [0.25, 0.3) is 0 Å². The second-order valence-corrected chi connectivity index (χ2v) is 7.08. The first-order chi connectivity index (χ1) is 12.8. The highest BCUT2D eigenvalue weighted by Crippen LogP contribution is 2.27. The molecule has 0 aliphatic carbocycles. The van der Waals surface area contributed by atoms with Gasteiger partial charge in [0.05, 0.1) is 6.61 Å². The van der Waals surface area contributed by atoms with Crippen LogP contribution in [0.1, 0.15) is 60.9 Å². The first-order valence-electron chi connectivity index (χ1n) is 9.85. The average molecular weight is 351 g/mol. The maximum Gasteiger partial charge on any atom is 0.253 e. The predicted molar refractivity (Wildman–Crippen MR) is 106 cm³/mol. The third-order valence-electron chi connectivity index (χ3n) is 5.10. The molecular formula is C23H29NO2. The van der Waals surface area contributed by atoms with Gasteiger partial charge >= 0.3 is 0 Å². The molecular weight excluding hydrogens is 322 g/mol. The van der Waals surface area contributed by atoms with Gasteiger partial charge in [-0.3, -0.25) is 4.79 Å². The molecule has 1 saturated heterocycles. The smallest absolute Gasteiger partial charge is 0.253 e. The van der Waals surface area contributed by atoms with E-state index in [4.69, 9.17) is 4.74 Å². The average Bonchev–Trinajstić information content (AvgIpc) is 2.95. The molecule has 1 heterocycles. The van der Waals surface area contributed by atoms with Crippen molar-refractivity contribution in [2.45, 2.75) is 44.9 Å². The standard InChI is InChI=1S/C23H29NO2/c1-2-3-17-26-22-14-12-20(13-15-22)23(25)24-16-8-7-11-21(18-24)19-9-5-4-6-10-19/h4-6,9-10,12-15,21H,2-3,7-8,11,16-18H2,1H3. The number of nitrogens with zero attached hydrogens (tertiary/aromatic N) is 1. The van der Waals surface area contributed by atoms with E-state index in [2.05, 4.69) is 31.2 Å². The molecule has 1 unspecified atom stereocenters. The topological polar surface area (TPSA) is 29.5 Å². The molecule has 1 fully saturated rings. The number of carbonyl (C=O) groups excluding carboxylic acids is 1. The van der Waals surface area contributed by atoms with Crippen molar-refractivity contribution in [3.05, 3.63) is 65.7 Å². The van der Waals surface area contributed by atoms with Crippen LogP contribution >= 0.6 is 0 Å². The zero-order valence-corrected chi connectivity index (χ0v) is 15.7. The van der Waals surface area contributed by atoms with Crippen molar-refractivity contribution in [3.63, 3.8) is 0 Å². The van der Waals surface area contributed by atoms with Crippen LogP contribution in [-0.4, -0.2) is 30.5 Å². The first-order valence-corrected chi connectivity index (χ1v) is 9.85. The largest absolute Gasteiger partial charge is 0.494 e. The zero-order valence-electron chi connectivity index (χ0n) is 15.7. The fourth-order valence-corrected chi connectivity index (χ4v) is 3.53. The second-order valence-electron chi connectivity index (χ2n) is 7.08. The van der Waals surface area contributed by atoms with Crippen molar-refractivity contribution in [1.82, 2.24) is 4.90 Å². The number of unbranched alkanes of at least 4 members (excludes halogenated alkanes) is 1. The molecule has 0 bridgehead atoms. The first kappa shape index (κ1) is 18.5. The van der Waals surface area contributed by atoms with Gasteiger partial charge in [0.15, 0.2) is 0 Å². The fraction of sp³-hybridized carbons (Fsp3) is 0.435. The zero-order chi connectivity index (χ0) is 18.2. The maximum atomic E-state index is 13.0. The van der Waals surface area contributed by atoms with Gasteiger partial charge in [0.1, 0.15) is 5.75 Å². The Balaban J connectivity index is 1.66. The minimum atomic E-state index is 0.132. The van der Waals surface area contributed by atoms with E-state index in [1.54, 1.807) is 0 Å². The summed E-state index contributed by atoms with van der Waals surface area (Å²) in [6.45, 7) is 4.53. The van der Waals surface area contributed by atoms with Gasteiger partial charge in [0, 0.05) is 24.6 Å². The van der Waals surface area contributed by atoms with E-state index in [1.165, 1.54) is 12.0 Å². The summed E-state index contributed by atoms with van der Waals surface area (Å²) in [4.78, 5) is 15.0. The molecule has 2 aromatic carbocycles. The lowest BCUT2D eigenvalue weighted by molar-refractivity contribution is 0.0754. The molecule has 1 aliphatic heterocycles. The van der Waals surface area contributed by atoms with Gasteiger partial charge in [0.25, 0.3) is 5.91 Å². The van der Waals surface area contributed by atoms with Crippen LogP contribution in [0.2, 0.25) is 0 Å². The van der Waals surface area contributed by atoms with Gasteiger partial charge in [-0.1, -0.05) is 50.1 Å². The van der Waals surface area contributed by atoms with Crippen LogP contribution in [0.5, 0.6) is 5.75 Å². The van der Waals surface area contributed by atoms with E-state index < -0.39 is 0 Å². The number of hydrogen-bond acceptors (Lipinski definition) is 2. The third kappa shape index (κ3) is 4.87. The number of amides is 1. The Kier molecular flexibility index (Phi) is 6.70. The Morgan fingerprint density at radius 2 is 1.85 bits per heavy atom. The van der Waals surface area contributed by atoms with Crippen molar-refractivity contribution in [1.29, 1.82) is 0 Å². The number of benzene rings is 2. The molecule has 1 atom stereocenters. The summed E-state index contributed by atoms with van der Waals surface area (Å²) in [6, 6.07) is 18.2. The summed E-state index contributed by atoms with van der Waals surface area (Å²) in [5.74, 6) is 1.40. The Bertz CT molecular complexity index is 681. The molecule has 0 spiro atoms. The van der Waals surface area contributed by atoms with Crippen LogP contribution in [0.15, 0.2) is 54.6 Å². The quantitative estimate of drug-likeness (QED) is 0.663. The Morgan fingerprint density at radius 3 is 2.58 bits per heavy atom. The predicted octanol–water partition coefficient (Wildman–Crippen LogP) is 5.28. The molecule has 3 nitrogen and oxygen atoms in total. The van der Waals surface area contributed by atoms with Crippen molar-refractivity contribution in [2.75, 3.05) is 19.7 Å². The normalized spacial score (nSPS) is 17.6. The van der Waals surface area contributed by atoms with E-state index in [0.717, 1.165) is 56.7 Å². The van der Waals surface area contributed by atoms with Crippen molar-refractivity contribution in [2.24, 2.45) is 0 Å². The molecule has 1 amide bonds. The lowest BCUT2D eigenvalue weighted by atomic mass is 9.94. The van der Waals surface area contributed by atoms with Crippen molar-refractivity contribution < 1.29 is 9.53 Å². The van der Waals surface area contributed by atoms with E-state index in [-0.39, 0.29) is 5.91 Å². The Hall–Kier alpha value is -2.29. The second kappa shape index (κ2) is 9.42. The Morgan fingerprint density at radius 1 is 1.08 bits per heavy atom. The van der Waals surface area contributed by atoms with Crippen molar-refractivity contribution >= 4 is 5.91 Å². The molecule has 3 heteroatoms. The molecule has 0 N–H and O–H groups in total. The lowest BCUT2D eigenvalue weighted by Gasteiger charge is -2.25. The maximum absolute atomic E-state index is 13.0. The minimum absolute atomic E-state index is 0.132. The third-order valence-corrected chi connectivity index (χ3v) is 5.10. The number of ether oxygens (including phenoxy) is 1. The van der Waals surface area contributed by atoms with Gasteiger partial charge in [-0.05, 0) is 49.1 Å². The lowest BCUT2D eigenvalue weighted by Crippen LogP contribution is -2.34. The summed E-state index contributed by atoms with van der Waals surface area (Å²) in [5, 5.41) is 0. The van der Waals surface area contributed by atoms with Crippen LogP contribution in [0, 0.1) is 0 Å². The number of carbonyl (C=O) groups is 1. The number of rotatable bonds is 6. The minimum Gasteiger partial charge on any atom is -0.494 e. The highest BCUT2D eigenvalue weighted by atomic mass is 16.5. The summed E-state index contributed by atoms with van der Waals surface area (Å²) >= 11 is 0. The highest BCUT2D eigenvalue weighted by molar-refractivity contribution is 5.94. The molecule has 26 heavy (non-hydrogen) atoms. The fourth-order valence-electron chi connectivity index (χ4n) is 3.53. The monoisotopic (exact) mass is 351 g/mol. The van der Waals surface area contributed by atoms with Crippen LogP contribution in [0.3, 0.4) is 0 Å². The molecule has 0 aromatic heterocycles. The number of likely N-dealkylation sites (tertiary alicyclic amines) is 1. The van der Waals surface area contributed by atoms with Gasteiger partial charge < -0.3 is 9.64 Å². The van der Waals surface area contributed by atoms with Crippen LogP contribution < -0.4 is 4.74 Å². The van der Waals surface area contributed by atoms with Crippen LogP contribution in [-0.2, 0) is 0 Å². The molecule has 2 aromatic rings. The van der Waals surface area contributed by atoms with Crippen molar-refractivity contribution in [3.8, 4) is 5.75 Å². The Labute approximate surface area is 157 Å². The molecule has 3 rings (SSSR count). The molecule has 1 aliphatic rings. The summed E-state index contributed by atoms with van der Waals surface area (Å²) in [6.07, 6.45) is 5.57. The van der Waals surface area contributed by atoms with Gasteiger partial charge in [0.2, 0.25) is 0 Å². The van der Waals surface area contributed by atoms with E-state index in [1.807, 2.05) is 35.2 Å². The number of hydrogen-bond donors (Lipinski definition) is 0. The van der Waals surface area contributed by atoms with Gasteiger partial charge in [-0.25, -0.2) is 0 Å². The summed E-state index contributed by atoms with van der Waals surface area (Å²) < 4.78 is 5.70. The molecule has 0 radical (unpaired) electrons. The van der Waals surface area contributed by atoms with E-state index >= 15 is 0 Å². The SMILES string of the molecule is CCCCOc1ccc(C(=O)N2CCCCC(c3ccccc3)C2)cc1. The van der Waals surface area contributed by atoms with Gasteiger partial charge in [-0.15, -0.1) is 0 Å². The van der Waals surface area contributed by atoms with Gasteiger partial charge in [-0.2, -0.15) is 0 Å².